The molecular formula is C23H29N3O2. The highest BCUT2D eigenvalue weighted by Crippen LogP contribution is 2.36. The summed E-state index contributed by atoms with van der Waals surface area (Å²) in [5.74, 6) is 0. The summed E-state index contributed by atoms with van der Waals surface area (Å²) >= 11 is 0. The van der Waals surface area contributed by atoms with E-state index in [1.54, 1.807) is 4.90 Å². The monoisotopic (exact) mass is 379 g/mol. The van der Waals surface area contributed by atoms with Crippen LogP contribution in [0.4, 0.5) is 10.5 Å². The standard InChI is InChI=1S/C23H29N3O2/c1-15(2)26-20-10-5-4-9-18(20)22-16(3)19(11-12-21(22)26)24-23(28)25-13-7-6-8-17(25)14-27/h4-5,9-12,15,17,27H,6-8,13-14H2,1-3H3,(H,24,28). The Labute approximate surface area is 165 Å². The Balaban J connectivity index is 1.76. The third kappa shape index (κ3) is 3.04. The van der Waals surface area contributed by atoms with Crippen molar-refractivity contribution in [2.75, 3.05) is 18.5 Å². The fraction of sp³-hybridized carbons (Fsp3) is 0.435. The number of para-hydroxylation sites is 1. The zero-order chi connectivity index (χ0) is 19.8. The van der Waals surface area contributed by atoms with E-state index in [1.165, 1.54) is 21.8 Å². The summed E-state index contributed by atoms with van der Waals surface area (Å²) in [6.07, 6.45) is 2.92. The number of nitrogens with zero attached hydrogens (tertiary/aromatic N) is 2. The molecule has 4 rings (SSSR count). The van der Waals surface area contributed by atoms with Crippen LogP contribution in [0.1, 0.15) is 44.7 Å². The molecular weight excluding hydrogens is 350 g/mol. The third-order valence-corrected chi connectivity index (χ3v) is 5.99. The Morgan fingerprint density at radius 1 is 1.18 bits per heavy atom. The SMILES string of the molecule is Cc1c(NC(=O)N2CCCCC2CO)ccc2c1c1ccccc1n2C(C)C. The van der Waals surface area contributed by atoms with Crippen LogP contribution in [0.2, 0.25) is 0 Å². The highest BCUT2D eigenvalue weighted by atomic mass is 16.3. The Hall–Kier alpha value is -2.53. The van der Waals surface area contributed by atoms with Crippen molar-refractivity contribution in [1.82, 2.24) is 9.47 Å². The van der Waals surface area contributed by atoms with Crippen molar-refractivity contribution in [2.24, 2.45) is 0 Å². The van der Waals surface area contributed by atoms with E-state index < -0.39 is 0 Å². The summed E-state index contributed by atoms with van der Waals surface area (Å²) in [5.41, 5.74) is 4.33. The van der Waals surface area contributed by atoms with Crippen LogP contribution < -0.4 is 5.32 Å². The number of aromatic nitrogens is 1. The van der Waals surface area contributed by atoms with Gasteiger partial charge in [0.2, 0.25) is 0 Å². The van der Waals surface area contributed by atoms with Gasteiger partial charge in [0.15, 0.2) is 0 Å². The lowest BCUT2D eigenvalue weighted by atomic mass is 10.0. The van der Waals surface area contributed by atoms with Crippen molar-refractivity contribution in [2.45, 2.75) is 52.1 Å². The summed E-state index contributed by atoms with van der Waals surface area (Å²) in [7, 11) is 0. The van der Waals surface area contributed by atoms with Crippen LogP contribution in [0, 0.1) is 6.92 Å². The molecule has 1 aromatic heterocycles. The number of benzene rings is 2. The number of fused-ring (bicyclic) bond motifs is 3. The first kappa shape index (κ1) is 18.8. The van der Waals surface area contributed by atoms with Gasteiger partial charge in [-0.25, -0.2) is 4.79 Å². The van der Waals surface area contributed by atoms with Gasteiger partial charge in [0.25, 0.3) is 0 Å². The average molecular weight is 380 g/mol. The Morgan fingerprint density at radius 2 is 1.96 bits per heavy atom. The number of piperidine rings is 1. The molecule has 1 aliphatic rings. The number of amides is 2. The van der Waals surface area contributed by atoms with Crippen LogP contribution >= 0.6 is 0 Å². The lowest BCUT2D eigenvalue weighted by Crippen LogP contribution is -2.47. The second-order valence-electron chi connectivity index (χ2n) is 8.07. The Kier molecular flexibility index (Phi) is 5.02. The maximum Gasteiger partial charge on any atom is 0.322 e. The summed E-state index contributed by atoms with van der Waals surface area (Å²) < 4.78 is 2.36. The van der Waals surface area contributed by atoms with Crippen molar-refractivity contribution in [3.63, 3.8) is 0 Å². The predicted molar refractivity (Wildman–Crippen MR) is 115 cm³/mol. The molecule has 0 spiro atoms. The number of likely N-dealkylation sites (tertiary alicyclic amines) is 1. The van der Waals surface area contributed by atoms with Crippen LogP contribution in [0.5, 0.6) is 0 Å². The molecule has 2 aromatic carbocycles. The second kappa shape index (κ2) is 7.47. The molecule has 2 N–H and O–H groups in total. The average Bonchev–Trinajstić information content (AvgIpc) is 3.05. The lowest BCUT2D eigenvalue weighted by Gasteiger charge is -2.34. The number of hydrogen-bond acceptors (Lipinski definition) is 2. The number of aliphatic hydroxyl groups is 1. The molecule has 28 heavy (non-hydrogen) atoms. The van der Waals surface area contributed by atoms with Crippen LogP contribution in [0.25, 0.3) is 21.8 Å². The van der Waals surface area contributed by atoms with E-state index in [0.29, 0.717) is 12.6 Å². The molecule has 1 aliphatic heterocycles. The van der Waals surface area contributed by atoms with Gasteiger partial charge in [0.05, 0.1) is 12.6 Å². The minimum atomic E-state index is -0.117. The molecule has 1 saturated heterocycles. The molecule has 0 aliphatic carbocycles. The van der Waals surface area contributed by atoms with E-state index in [1.807, 2.05) is 6.07 Å². The van der Waals surface area contributed by atoms with E-state index in [0.717, 1.165) is 30.5 Å². The summed E-state index contributed by atoms with van der Waals surface area (Å²) in [6, 6.07) is 12.7. The zero-order valence-electron chi connectivity index (χ0n) is 16.9. The van der Waals surface area contributed by atoms with Gasteiger partial charge in [0.1, 0.15) is 0 Å². The van der Waals surface area contributed by atoms with Gasteiger partial charge in [-0.15, -0.1) is 0 Å². The minimum absolute atomic E-state index is 0.0211. The van der Waals surface area contributed by atoms with Gasteiger partial charge >= 0.3 is 6.03 Å². The molecule has 5 heteroatoms. The molecule has 0 bridgehead atoms. The second-order valence-corrected chi connectivity index (χ2v) is 8.07. The van der Waals surface area contributed by atoms with E-state index in [9.17, 15) is 9.90 Å². The number of anilines is 1. The highest BCUT2D eigenvalue weighted by molar-refractivity contribution is 6.12. The first-order chi connectivity index (χ1) is 13.5. The van der Waals surface area contributed by atoms with Crippen molar-refractivity contribution in [3.8, 4) is 0 Å². The van der Waals surface area contributed by atoms with Crippen molar-refractivity contribution in [3.05, 3.63) is 42.0 Å². The Bertz CT molecular complexity index is 1020. The quantitative estimate of drug-likeness (QED) is 0.668. The fourth-order valence-electron chi connectivity index (χ4n) is 4.60. The maximum atomic E-state index is 12.9. The number of urea groups is 1. The molecule has 2 amide bonds. The van der Waals surface area contributed by atoms with E-state index >= 15 is 0 Å². The van der Waals surface area contributed by atoms with Crippen LogP contribution in [-0.2, 0) is 0 Å². The van der Waals surface area contributed by atoms with Crippen molar-refractivity contribution >= 4 is 33.5 Å². The van der Waals surface area contributed by atoms with Crippen LogP contribution in [-0.4, -0.2) is 39.8 Å². The summed E-state index contributed by atoms with van der Waals surface area (Å²) in [6.45, 7) is 7.19. The third-order valence-electron chi connectivity index (χ3n) is 5.99. The van der Waals surface area contributed by atoms with Crippen molar-refractivity contribution in [1.29, 1.82) is 0 Å². The smallest absolute Gasteiger partial charge is 0.322 e. The van der Waals surface area contributed by atoms with Crippen molar-refractivity contribution < 1.29 is 9.90 Å². The normalized spacial score (nSPS) is 17.6. The summed E-state index contributed by atoms with van der Waals surface area (Å²) in [4.78, 5) is 14.7. The molecule has 5 nitrogen and oxygen atoms in total. The topological polar surface area (TPSA) is 57.5 Å². The van der Waals surface area contributed by atoms with Gasteiger partial charge in [-0.3, -0.25) is 0 Å². The molecule has 2 heterocycles. The van der Waals surface area contributed by atoms with E-state index in [4.69, 9.17) is 0 Å². The molecule has 3 aromatic rings. The van der Waals surface area contributed by atoms with Crippen LogP contribution in [0.15, 0.2) is 36.4 Å². The number of carbonyl (C=O) groups excluding carboxylic acids is 1. The number of aryl methyl sites for hydroxylation is 1. The largest absolute Gasteiger partial charge is 0.394 e. The number of nitrogens with one attached hydrogen (secondary N) is 1. The van der Waals surface area contributed by atoms with Gasteiger partial charge in [-0.2, -0.15) is 0 Å². The molecule has 1 fully saturated rings. The van der Waals surface area contributed by atoms with Gasteiger partial charge in [-0.05, 0) is 63.8 Å². The first-order valence-corrected chi connectivity index (χ1v) is 10.2. The highest BCUT2D eigenvalue weighted by Gasteiger charge is 2.26. The van der Waals surface area contributed by atoms with E-state index in [2.05, 4.69) is 61.0 Å². The zero-order valence-corrected chi connectivity index (χ0v) is 16.9. The van der Waals surface area contributed by atoms with Gasteiger partial charge in [0, 0.05) is 40.1 Å². The molecule has 1 atom stereocenters. The molecule has 0 radical (unpaired) electrons. The fourth-order valence-corrected chi connectivity index (χ4v) is 4.60. The van der Waals surface area contributed by atoms with Gasteiger partial charge in [-0.1, -0.05) is 18.2 Å². The van der Waals surface area contributed by atoms with Gasteiger partial charge < -0.3 is 19.9 Å². The summed E-state index contributed by atoms with van der Waals surface area (Å²) in [5, 5.41) is 15.1. The minimum Gasteiger partial charge on any atom is -0.394 e. The van der Waals surface area contributed by atoms with Crippen LogP contribution in [0.3, 0.4) is 0 Å². The molecule has 148 valence electrons. The number of carbonyl (C=O) groups is 1. The van der Waals surface area contributed by atoms with E-state index in [-0.39, 0.29) is 18.7 Å². The number of rotatable bonds is 3. The number of hydrogen-bond donors (Lipinski definition) is 2. The predicted octanol–water partition coefficient (Wildman–Crippen LogP) is 5.06. The Morgan fingerprint density at radius 3 is 2.71 bits per heavy atom. The number of aliphatic hydroxyl groups excluding tert-OH is 1. The molecule has 0 saturated carbocycles. The first-order valence-electron chi connectivity index (χ1n) is 10.2. The molecule has 1 unspecified atom stereocenters. The maximum absolute atomic E-state index is 12.9. The lowest BCUT2D eigenvalue weighted by molar-refractivity contribution is 0.115.